The maximum absolute atomic E-state index is 13.1. The van der Waals surface area contributed by atoms with Crippen LogP contribution in [0.15, 0.2) is 71.3 Å². The van der Waals surface area contributed by atoms with Crippen LogP contribution in [-0.2, 0) is 0 Å². The van der Waals surface area contributed by atoms with E-state index in [0.717, 1.165) is 30.7 Å². The van der Waals surface area contributed by atoms with E-state index in [9.17, 15) is 9.59 Å². The molecule has 1 saturated heterocycles. The van der Waals surface area contributed by atoms with Crippen LogP contribution in [-0.4, -0.2) is 30.4 Å². The highest BCUT2D eigenvalue weighted by molar-refractivity contribution is 6.02. The summed E-state index contributed by atoms with van der Waals surface area (Å²) < 4.78 is 10.4. The van der Waals surface area contributed by atoms with Gasteiger partial charge in [-0.25, -0.2) is 0 Å². The van der Waals surface area contributed by atoms with E-state index in [1.165, 1.54) is 6.26 Å². The molecule has 6 nitrogen and oxygen atoms in total. The number of ether oxygens (including phenoxy) is 1. The lowest BCUT2D eigenvalue weighted by Crippen LogP contribution is -2.30. The number of hydrogen-bond acceptors (Lipinski definition) is 4. The molecule has 1 unspecified atom stereocenters. The lowest BCUT2D eigenvalue weighted by atomic mass is 10.0. The first-order chi connectivity index (χ1) is 14.2. The topological polar surface area (TPSA) is 71.8 Å². The summed E-state index contributed by atoms with van der Waals surface area (Å²) >= 11 is 0. The molecule has 1 fully saturated rings. The van der Waals surface area contributed by atoms with Crippen LogP contribution >= 0.6 is 0 Å². The minimum absolute atomic E-state index is 0.0146. The van der Waals surface area contributed by atoms with E-state index >= 15 is 0 Å². The number of carbonyl (C=O) groups is 2. The summed E-state index contributed by atoms with van der Waals surface area (Å²) in [6, 6.07) is 18.1. The van der Waals surface area contributed by atoms with Gasteiger partial charge in [0.25, 0.3) is 11.8 Å². The van der Waals surface area contributed by atoms with Gasteiger partial charge in [0.1, 0.15) is 5.75 Å². The van der Waals surface area contributed by atoms with Crippen LogP contribution in [0.5, 0.6) is 5.75 Å². The summed E-state index contributed by atoms with van der Waals surface area (Å²) in [5.74, 6) is 0.688. The Kier molecular flexibility index (Phi) is 5.33. The molecular formula is C23H22N2O4. The van der Waals surface area contributed by atoms with Gasteiger partial charge in [0.05, 0.1) is 19.4 Å². The summed E-state index contributed by atoms with van der Waals surface area (Å²) in [7, 11) is 1.64. The first-order valence-corrected chi connectivity index (χ1v) is 9.55. The van der Waals surface area contributed by atoms with Crippen molar-refractivity contribution in [1.82, 2.24) is 4.90 Å². The summed E-state index contributed by atoms with van der Waals surface area (Å²) in [4.78, 5) is 27.1. The second-order valence-electron chi connectivity index (χ2n) is 6.94. The molecule has 2 aromatic carbocycles. The normalized spacial score (nSPS) is 15.9. The van der Waals surface area contributed by atoms with E-state index in [-0.39, 0.29) is 23.6 Å². The first kappa shape index (κ1) is 18.8. The fraction of sp³-hybridized carbons (Fsp3) is 0.217. The second-order valence-corrected chi connectivity index (χ2v) is 6.94. The number of nitrogens with zero attached hydrogens (tertiary/aromatic N) is 1. The molecule has 3 aromatic rings. The van der Waals surface area contributed by atoms with E-state index in [0.29, 0.717) is 11.3 Å². The van der Waals surface area contributed by atoms with Gasteiger partial charge in [0.15, 0.2) is 5.76 Å². The van der Waals surface area contributed by atoms with Gasteiger partial charge in [-0.3, -0.25) is 9.59 Å². The summed E-state index contributed by atoms with van der Waals surface area (Å²) in [5.41, 5.74) is 2.28. The molecule has 0 spiro atoms. The highest BCUT2D eigenvalue weighted by Gasteiger charge is 2.30. The molecule has 4 rings (SSSR count). The lowest BCUT2D eigenvalue weighted by Gasteiger charge is -2.25. The zero-order valence-corrected chi connectivity index (χ0v) is 16.1. The van der Waals surface area contributed by atoms with Crippen LogP contribution in [0.2, 0.25) is 0 Å². The van der Waals surface area contributed by atoms with Crippen molar-refractivity contribution in [1.29, 1.82) is 0 Å². The van der Waals surface area contributed by atoms with E-state index in [2.05, 4.69) is 5.32 Å². The minimum Gasteiger partial charge on any atom is -0.497 e. The van der Waals surface area contributed by atoms with Crippen LogP contribution in [0.1, 0.15) is 45.4 Å². The van der Waals surface area contributed by atoms with Crippen molar-refractivity contribution in [3.8, 4) is 5.75 Å². The number of carbonyl (C=O) groups excluding carboxylic acids is 2. The van der Waals surface area contributed by atoms with E-state index in [1.807, 2.05) is 29.2 Å². The Labute approximate surface area is 169 Å². The summed E-state index contributed by atoms with van der Waals surface area (Å²) in [6.07, 6.45) is 3.34. The Balaban J connectivity index is 1.47. The van der Waals surface area contributed by atoms with Gasteiger partial charge < -0.3 is 19.4 Å². The zero-order valence-electron chi connectivity index (χ0n) is 16.1. The summed E-state index contributed by atoms with van der Waals surface area (Å²) in [6.45, 7) is 0.720. The number of anilines is 1. The lowest BCUT2D eigenvalue weighted by molar-refractivity contribution is 0.0735. The van der Waals surface area contributed by atoms with Crippen molar-refractivity contribution < 1.29 is 18.7 Å². The van der Waals surface area contributed by atoms with E-state index in [4.69, 9.17) is 9.15 Å². The minimum atomic E-state index is -0.327. The standard InChI is InChI=1S/C23H22N2O4/c1-28-19-6-2-5-17(15-19)20-7-3-13-25(20)23(27)16-9-11-18(12-10-16)24-22(26)21-8-4-14-29-21/h2,4-6,8-12,14-15,20H,3,7,13H2,1H3,(H,24,26). The highest BCUT2D eigenvalue weighted by atomic mass is 16.5. The van der Waals surface area contributed by atoms with Crippen molar-refractivity contribution in [3.63, 3.8) is 0 Å². The van der Waals surface area contributed by atoms with Crippen molar-refractivity contribution in [2.75, 3.05) is 19.0 Å². The first-order valence-electron chi connectivity index (χ1n) is 9.55. The second kappa shape index (κ2) is 8.22. The molecule has 0 aliphatic carbocycles. The Hall–Kier alpha value is -3.54. The number of hydrogen-bond donors (Lipinski definition) is 1. The van der Waals surface area contributed by atoms with Crippen molar-refractivity contribution in [2.24, 2.45) is 0 Å². The van der Waals surface area contributed by atoms with Crippen LogP contribution in [0.25, 0.3) is 0 Å². The third-order valence-electron chi connectivity index (χ3n) is 5.13. The van der Waals surface area contributed by atoms with Crippen molar-refractivity contribution in [2.45, 2.75) is 18.9 Å². The van der Waals surface area contributed by atoms with Crippen LogP contribution in [0.4, 0.5) is 5.69 Å². The van der Waals surface area contributed by atoms with E-state index < -0.39 is 0 Å². The Morgan fingerprint density at radius 3 is 2.66 bits per heavy atom. The fourth-order valence-corrected chi connectivity index (χ4v) is 3.67. The number of amides is 2. The average Bonchev–Trinajstić information content (AvgIpc) is 3.46. The monoisotopic (exact) mass is 390 g/mol. The molecule has 1 N–H and O–H groups in total. The Morgan fingerprint density at radius 1 is 1.10 bits per heavy atom. The number of likely N-dealkylation sites (tertiary alicyclic amines) is 1. The molecule has 1 aliphatic rings. The van der Waals surface area contributed by atoms with Gasteiger partial charge >= 0.3 is 0 Å². The van der Waals surface area contributed by atoms with Crippen molar-refractivity contribution in [3.05, 3.63) is 83.8 Å². The predicted octanol–water partition coefficient (Wildman–Crippen LogP) is 4.52. The van der Waals surface area contributed by atoms with Crippen molar-refractivity contribution >= 4 is 17.5 Å². The third kappa shape index (κ3) is 4.01. The number of benzene rings is 2. The van der Waals surface area contributed by atoms with Crippen LogP contribution in [0.3, 0.4) is 0 Å². The third-order valence-corrected chi connectivity index (χ3v) is 5.13. The van der Waals surface area contributed by atoms with Crippen LogP contribution in [0, 0.1) is 0 Å². The zero-order chi connectivity index (χ0) is 20.2. The van der Waals surface area contributed by atoms with Gasteiger partial charge in [-0.1, -0.05) is 12.1 Å². The molecule has 2 amide bonds. The average molecular weight is 390 g/mol. The van der Waals surface area contributed by atoms with Gasteiger partial charge in [-0.15, -0.1) is 0 Å². The van der Waals surface area contributed by atoms with Gasteiger partial charge in [-0.05, 0) is 66.9 Å². The predicted molar refractivity (Wildman–Crippen MR) is 109 cm³/mol. The van der Waals surface area contributed by atoms with Gasteiger partial charge in [0.2, 0.25) is 0 Å². The molecule has 6 heteroatoms. The fourth-order valence-electron chi connectivity index (χ4n) is 3.67. The molecular weight excluding hydrogens is 368 g/mol. The van der Waals surface area contributed by atoms with Gasteiger partial charge in [0, 0.05) is 17.8 Å². The number of methoxy groups -OCH3 is 1. The number of rotatable bonds is 5. The maximum atomic E-state index is 13.1. The molecule has 0 saturated carbocycles. The summed E-state index contributed by atoms with van der Waals surface area (Å²) in [5, 5.41) is 2.76. The largest absolute Gasteiger partial charge is 0.497 e. The SMILES string of the molecule is COc1cccc(C2CCCN2C(=O)c2ccc(NC(=O)c3ccco3)cc2)c1. The molecule has 2 heterocycles. The molecule has 148 valence electrons. The van der Waals surface area contributed by atoms with Crippen LogP contribution < -0.4 is 10.1 Å². The Bertz CT molecular complexity index is 996. The smallest absolute Gasteiger partial charge is 0.291 e. The molecule has 1 aromatic heterocycles. The molecule has 1 aliphatic heterocycles. The number of nitrogens with one attached hydrogen (secondary N) is 1. The van der Waals surface area contributed by atoms with E-state index in [1.54, 1.807) is 43.5 Å². The molecule has 0 radical (unpaired) electrons. The molecule has 0 bridgehead atoms. The molecule has 1 atom stereocenters. The highest BCUT2D eigenvalue weighted by Crippen LogP contribution is 2.34. The Morgan fingerprint density at radius 2 is 1.93 bits per heavy atom. The maximum Gasteiger partial charge on any atom is 0.291 e. The molecule has 29 heavy (non-hydrogen) atoms. The number of furan rings is 1. The quantitative estimate of drug-likeness (QED) is 0.695. The van der Waals surface area contributed by atoms with Gasteiger partial charge in [-0.2, -0.15) is 0 Å².